The molecule has 0 radical (unpaired) electrons. The molecule has 0 spiro atoms. The molecular formula is C18H25N8O14P3S. The van der Waals surface area contributed by atoms with Crippen molar-refractivity contribution in [2.75, 3.05) is 12.3 Å². The predicted molar refractivity (Wildman–Crippen MR) is 144 cm³/mol. The van der Waals surface area contributed by atoms with Gasteiger partial charge in [-0.1, -0.05) is 12.2 Å². The number of nitrogens with one attached hydrogen (secondary N) is 2. The van der Waals surface area contributed by atoms with Crippen LogP contribution in [0.3, 0.4) is 0 Å². The van der Waals surface area contributed by atoms with E-state index in [1.165, 1.54) is 10.9 Å². The fourth-order valence-corrected chi connectivity index (χ4v) is 7.80. The number of aromatic nitrogens is 6. The first-order chi connectivity index (χ1) is 20.4. The normalized spacial score (nSPS) is 26.4. The summed E-state index contributed by atoms with van der Waals surface area (Å²) >= 11 is 5.20. The van der Waals surface area contributed by atoms with Gasteiger partial charge in [0.05, 0.1) is 30.9 Å². The van der Waals surface area contributed by atoms with E-state index < -0.39 is 66.8 Å². The number of imidazole rings is 1. The van der Waals surface area contributed by atoms with Gasteiger partial charge in [-0.3, -0.25) is 18.6 Å². The summed E-state index contributed by atoms with van der Waals surface area (Å²) in [5.41, 5.74) is 7.72. The Morgan fingerprint density at radius 2 is 1.86 bits per heavy atom. The summed E-state index contributed by atoms with van der Waals surface area (Å²) in [5, 5.41) is 6.87. The van der Waals surface area contributed by atoms with Crippen LogP contribution in [0.25, 0.3) is 11.2 Å². The van der Waals surface area contributed by atoms with E-state index in [0.29, 0.717) is 5.69 Å². The molecule has 2 aliphatic heterocycles. The van der Waals surface area contributed by atoms with Crippen molar-refractivity contribution in [2.24, 2.45) is 7.05 Å². The predicted octanol–water partition coefficient (Wildman–Crippen LogP) is -0.220. The zero-order valence-corrected chi connectivity index (χ0v) is 25.9. The molecule has 2 saturated heterocycles. The highest BCUT2D eigenvalue weighted by Gasteiger charge is 2.56. The smallest absolute Gasteiger partial charge is 0.369 e. The second-order valence-electron chi connectivity index (χ2n) is 9.38. The summed E-state index contributed by atoms with van der Waals surface area (Å²) in [4.78, 5) is 60.7. The number of amides is 1. The fourth-order valence-electron chi connectivity index (χ4n) is 4.52. The van der Waals surface area contributed by atoms with Crippen molar-refractivity contribution in [3.05, 3.63) is 28.4 Å². The Hall–Kier alpha value is -2.46. The lowest BCUT2D eigenvalue weighted by Gasteiger charge is -2.22. The number of nitrogen functional groups attached to an aromatic ring is 1. The Bertz CT molecular complexity index is 1790. The summed E-state index contributed by atoms with van der Waals surface area (Å²) in [6.07, 6.45) is -4.84. The summed E-state index contributed by atoms with van der Waals surface area (Å²) in [7, 11) is -15.2. The van der Waals surface area contributed by atoms with Gasteiger partial charge >= 0.3 is 23.5 Å². The number of H-pyrrole nitrogens is 1. The number of carbonyl (C=O) groups is 1. The number of nitrogens with two attached hydrogens (primary N) is 1. The number of rotatable bonds is 11. The van der Waals surface area contributed by atoms with Crippen molar-refractivity contribution >= 4 is 58.7 Å². The highest BCUT2D eigenvalue weighted by atomic mass is 32.1. The minimum absolute atomic E-state index is 0.0470. The van der Waals surface area contributed by atoms with Crippen LogP contribution in [0, 0.1) is 11.6 Å². The van der Waals surface area contributed by atoms with Gasteiger partial charge in [-0.05, 0) is 13.0 Å². The van der Waals surface area contributed by atoms with E-state index >= 15 is 0 Å². The second kappa shape index (κ2) is 12.0. The van der Waals surface area contributed by atoms with Crippen LogP contribution in [0.15, 0.2) is 12.4 Å². The lowest BCUT2D eigenvalue weighted by atomic mass is 10.1. The maximum absolute atomic E-state index is 13.0. The molecule has 7 atom stereocenters. The molecule has 242 valence electrons. The van der Waals surface area contributed by atoms with Crippen LogP contribution in [-0.2, 0) is 59.4 Å². The Kier molecular flexibility index (Phi) is 9.01. The summed E-state index contributed by atoms with van der Waals surface area (Å²) in [6, 6.07) is 1.77. The van der Waals surface area contributed by atoms with Crippen molar-refractivity contribution in [1.82, 2.24) is 34.6 Å². The van der Waals surface area contributed by atoms with Gasteiger partial charge in [0.2, 0.25) is 6.29 Å². The minimum Gasteiger partial charge on any atom is -0.369 e. The first kappa shape index (κ1) is 32.9. The topological polar surface area (TPSA) is 307 Å². The third kappa shape index (κ3) is 7.33. The molecule has 3 aromatic rings. The van der Waals surface area contributed by atoms with E-state index in [1.54, 1.807) is 24.7 Å². The highest BCUT2D eigenvalue weighted by Crippen LogP contribution is 2.66. The molecule has 8 N–H and O–H groups in total. The second-order valence-corrected chi connectivity index (χ2v) is 14.2. The number of aromatic amines is 1. The van der Waals surface area contributed by atoms with E-state index in [4.69, 9.17) is 46.5 Å². The minimum atomic E-state index is -5.77. The Labute approximate surface area is 250 Å². The average Bonchev–Trinajstić information content (AvgIpc) is 3.62. The molecule has 1 amide bonds. The van der Waals surface area contributed by atoms with Crippen LogP contribution < -0.4 is 11.1 Å². The van der Waals surface area contributed by atoms with Crippen molar-refractivity contribution in [2.45, 2.75) is 44.3 Å². The molecule has 22 nitrogen and oxygen atoms in total. The number of nitrogens with zero attached hydrogens (tertiary/aromatic N) is 5. The van der Waals surface area contributed by atoms with Crippen LogP contribution >= 0.6 is 35.7 Å². The van der Waals surface area contributed by atoms with Gasteiger partial charge in [-0.2, -0.15) is 13.7 Å². The van der Waals surface area contributed by atoms with Crippen LogP contribution in [0.4, 0.5) is 5.95 Å². The van der Waals surface area contributed by atoms with Gasteiger partial charge in [-0.25, -0.2) is 23.7 Å². The maximum atomic E-state index is 13.0. The molecular weight excluding hydrogens is 677 g/mol. The number of aryl methyl sites for hydroxylation is 2. The largest absolute Gasteiger partial charge is 0.490 e. The third-order valence-corrected chi connectivity index (χ3v) is 10.2. The van der Waals surface area contributed by atoms with Crippen LogP contribution in [0.1, 0.15) is 17.6 Å². The Morgan fingerprint density at radius 1 is 1.16 bits per heavy atom. The SMILES string of the molecule is Cc1cc(CNC(=O)C2OC3C(COP(=O)(O)OP(=O)(O)OP(=O)(O)O)OC(n4cnc5c(=S)nc(N)[nH]c54)C3O2)n(C)n1. The third-order valence-electron chi connectivity index (χ3n) is 6.16. The van der Waals surface area contributed by atoms with Gasteiger partial charge < -0.3 is 49.8 Å². The first-order valence-corrected chi connectivity index (χ1v) is 17.1. The maximum Gasteiger partial charge on any atom is 0.490 e. The zero-order valence-electron chi connectivity index (χ0n) is 22.4. The molecule has 0 saturated carbocycles. The Morgan fingerprint density at radius 3 is 2.52 bits per heavy atom. The van der Waals surface area contributed by atoms with Crippen molar-refractivity contribution < 1.29 is 65.4 Å². The van der Waals surface area contributed by atoms with Gasteiger partial charge in [0.1, 0.15) is 29.5 Å². The molecule has 44 heavy (non-hydrogen) atoms. The van der Waals surface area contributed by atoms with E-state index in [-0.39, 0.29) is 28.3 Å². The first-order valence-electron chi connectivity index (χ1n) is 12.2. The zero-order chi connectivity index (χ0) is 32.2. The van der Waals surface area contributed by atoms with Crippen molar-refractivity contribution in [3.8, 4) is 0 Å². The van der Waals surface area contributed by atoms with Gasteiger partial charge in [0.25, 0.3) is 5.91 Å². The molecule has 7 unspecified atom stereocenters. The average molecular weight is 702 g/mol. The number of hydrogen-bond donors (Lipinski definition) is 7. The van der Waals surface area contributed by atoms with Crippen LogP contribution in [-0.4, -0.2) is 86.0 Å². The number of phosphoric ester groups is 1. The lowest BCUT2D eigenvalue weighted by molar-refractivity contribution is -0.171. The standard InChI is InChI=1S/C18H25N8O14P3S/c1-7-3-8(25(2)24-7)4-20-14(27)17-37-11-9(5-35-42(31,32)40-43(33,34)39-41(28,29)30)36-16(12(11)38-17)26-6-21-10-13(26)22-18(19)23-15(10)44/h3,6,9,11-12,16-17H,4-5H2,1-2H3,(H,20,27)(H,31,32)(H,33,34)(H2,28,29,30)(H3,19,22,23,44). The molecule has 2 fully saturated rings. The van der Waals surface area contributed by atoms with Crippen LogP contribution in [0.2, 0.25) is 0 Å². The van der Waals surface area contributed by atoms with E-state index in [1.807, 2.05) is 0 Å². The van der Waals surface area contributed by atoms with Gasteiger partial charge in [-0.15, -0.1) is 0 Å². The highest BCUT2D eigenvalue weighted by molar-refractivity contribution is 7.71. The number of ether oxygens (including phenoxy) is 3. The number of hydrogen-bond acceptors (Lipinski definition) is 15. The number of fused-ring (bicyclic) bond motifs is 2. The number of phosphoric acid groups is 3. The molecule has 26 heteroatoms. The summed E-state index contributed by atoms with van der Waals surface area (Å²) in [6.45, 7) is 0.993. The molecule has 5 heterocycles. The fraction of sp³-hybridized carbons (Fsp3) is 0.500. The molecule has 3 aromatic heterocycles. The van der Waals surface area contributed by atoms with Gasteiger partial charge in [0, 0.05) is 7.05 Å². The van der Waals surface area contributed by atoms with E-state index in [9.17, 15) is 28.3 Å². The van der Waals surface area contributed by atoms with E-state index in [0.717, 1.165) is 5.69 Å². The monoisotopic (exact) mass is 702 g/mol. The quantitative estimate of drug-likeness (QED) is 0.100. The van der Waals surface area contributed by atoms with Crippen molar-refractivity contribution in [1.29, 1.82) is 0 Å². The molecule has 0 aliphatic carbocycles. The Balaban J connectivity index is 1.36. The summed E-state index contributed by atoms with van der Waals surface area (Å²) < 4.78 is 67.9. The van der Waals surface area contributed by atoms with E-state index in [2.05, 4.69) is 34.0 Å². The molecule has 5 rings (SSSR count). The molecule has 0 bridgehead atoms. The summed E-state index contributed by atoms with van der Waals surface area (Å²) in [5.74, 6) is -0.721. The van der Waals surface area contributed by atoms with Crippen LogP contribution in [0.5, 0.6) is 0 Å². The number of carbonyl (C=O) groups excluding carboxylic acids is 1. The molecule has 0 aromatic carbocycles. The number of anilines is 1. The van der Waals surface area contributed by atoms with Crippen molar-refractivity contribution in [3.63, 3.8) is 0 Å². The van der Waals surface area contributed by atoms with Gasteiger partial charge in [0.15, 0.2) is 16.8 Å². The lowest BCUT2D eigenvalue weighted by Crippen LogP contribution is -2.38. The molecule has 2 aliphatic rings.